The summed E-state index contributed by atoms with van der Waals surface area (Å²) in [4.78, 5) is 31.1. The lowest BCUT2D eigenvalue weighted by molar-refractivity contribution is -0.195. The van der Waals surface area contributed by atoms with Crippen LogP contribution in [0, 0.1) is 0 Å². The summed E-state index contributed by atoms with van der Waals surface area (Å²) in [7, 11) is 0. The van der Waals surface area contributed by atoms with Crippen LogP contribution in [0.2, 0.25) is 0 Å². The molecule has 0 aliphatic rings. The van der Waals surface area contributed by atoms with Crippen molar-refractivity contribution in [2.75, 3.05) is 0 Å². The van der Waals surface area contributed by atoms with E-state index in [0.717, 1.165) is 16.9 Å². The number of nitrogens with one attached hydrogen (secondary N) is 1. The van der Waals surface area contributed by atoms with E-state index in [2.05, 4.69) is 14.3 Å². The zero-order chi connectivity index (χ0) is 16.9. The first-order valence-corrected chi connectivity index (χ1v) is 7.65. The van der Waals surface area contributed by atoms with Crippen molar-refractivity contribution in [1.29, 1.82) is 0 Å². The molecule has 0 aliphatic carbocycles. The molecule has 0 saturated heterocycles. The molecule has 0 atom stereocenters. The second-order valence-corrected chi connectivity index (χ2v) is 5.54. The summed E-state index contributed by atoms with van der Waals surface area (Å²) in [6.45, 7) is 0. The van der Waals surface area contributed by atoms with Crippen LogP contribution in [0.25, 0.3) is 16.9 Å². The van der Waals surface area contributed by atoms with Gasteiger partial charge >= 0.3 is 5.69 Å². The minimum atomic E-state index is -0.498. The van der Waals surface area contributed by atoms with Crippen LogP contribution in [-0.2, 0) is 9.32 Å². The molecule has 0 aliphatic heterocycles. The van der Waals surface area contributed by atoms with Gasteiger partial charge in [0.05, 0.1) is 23.4 Å². The Morgan fingerprint density at radius 2 is 1.71 bits per heavy atom. The van der Waals surface area contributed by atoms with Gasteiger partial charge in [0, 0.05) is 11.0 Å². The molecule has 0 spiro atoms. The molecule has 8 heteroatoms. The SMILES string of the molecule is NOOSc1ccc(-c2cc(=O)[nH]c(=O)n2-c2ccccc2)cc1. The zero-order valence-electron chi connectivity index (χ0n) is 12.3. The molecule has 1 heterocycles. The number of rotatable bonds is 5. The van der Waals surface area contributed by atoms with Crippen LogP contribution < -0.4 is 17.1 Å². The average Bonchev–Trinajstić information content (AvgIpc) is 2.60. The number of benzene rings is 2. The van der Waals surface area contributed by atoms with Gasteiger partial charge in [0.2, 0.25) is 0 Å². The Hall–Kier alpha value is -2.65. The lowest BCUT2D eigenvalue weighted by Gasteiger charge is -2.12. The van der Waals surface area contributed by atoms with Gasteiger partial charge in [-0.3, -0.25) is 14.3 Å². The van der Waals surface area contributed by atoms with Crippen LogP contribution in [0.1, 0.15) is 0 Å². The number of nitrogens with zero attached hydrogens (tertiary/aromatic N) is 1. The van der Waals surface area contributed by atoms with Gasteiger partial charge in [-0.15, -0.1) is 9.32 Å². The number of hydrogen-bond acceptors (Lipinski definition) is 6. The van der Waals surface area contributed by atoms with E-state index in [0.29, 0.717) is 16.9 Å². The van der Waals surface area contributed by atoms with Crippen molar-refractivity contribution in [3.05, 3.63) is 81.5 Å². The molecule has 1 aromatic heterocycles. The largest absolute Gasteiger partial charge is 0.333 e. The molecule has 0 saturated carbocycles. The highest BCUT2D eigenvalue weighted by Crippen LogP contribution is 2.24. The maximum atomic E-state index is 12.3. The summed E-state index contributed by atoms with van der Waals surface area (Å²) >= 11 is 0.948. The molecule has 24 heavy (non-hydrogen) atoms. The van der Waals surface area contributed by atoms with E-state index in [9.17, 15) is 9.59 Å². The molecule has 0 fully saturated rings. The molecule has 3 aromatic rings. The smallest absolute Gasteiger partial charge is 0.274 e. The Morgan fingerprint density at radius 3 is 2.38 bits per heavy atom. The molecule has 0 amide bonds. The molecule has 0 unspecified atom stereocenters. The van der Waals surface area contributed by atoms with Crippen molar-refractivity contribution in [2.45, 2.75) is 4.90 Å². The highest BCUT2D eigenvalue weighted by molar-refractivity contribution is 7.94. The molecular formula is C16H13N3O4S. The summed E-state index contributed by atoms with van der Waals surface area (Å²) in [5, 5.41) is 0. The third-order valence-corrected chi connectivity index (χ3v) is 3.89. The third kappa shape index (κ3) is 3.47. The fraction of sp³-hybridized carbons (Fsp3) is 0. The second-order valence-electron chi connectivity index (χ2n) is 4.77. The van der Waals surface area contributed by atoms with E-state index >= 15 is 0 Å². The summed E-state index contributed by atoms with van der Waals surface area (Å²) in [6, 6.07) is 17.5. The predicted octanol–water partition coefficient (Wildman–Crippen LogP) is 2.02. The van der Waals surface area contributed by atoms with Gasteiger partial charge in [-0.1, -0.05) is 30.3 Å². The summed E-state index contributed by atoms with van der Waals surface area (Å²) in [5.41, 5.74) is 0.900. The van der Waals surface area contributed by atoms with Crippen molar-refractivity contribution < 1.29 is 9.32 Å². The first-order valence-electron chi connectivity index (χ1n) is 6.91. The Balaban J connectivity index is 2.10. The molecule has 3 rings (SSSR count). The lowest BCUT2D eigenvalue weighted by Crippen LogP contribution is -2.29. The van der Waals surface area contributed by atoms with Crippen LogP contribution in [0.4, 0.5) is 0 Å². The van der Waals surface area contributed by atoms with Gasteiger partial charge in [0.1, 0.15) is 0 Å². The number of H-pyrrole nitrogens is 1. The lowest BCUT2D eigenvalue weighted by atomic mass is 10.1. The molecule has 122 valence electrons. The Bertz CT molecular complexity index is 936. The minimum absolute atomic E-state index is 0.458. The molecular weight excluding hydrogens is 330 g/mol. The van der Waals surface area contributed by atoms with Crippen LogP contribution >= 0.6 is 12.0 Å². The highest BCUT2D eigenvalue weighted by Gasteiger charge is 2.10. The van der Waals surface area contributed by atoms with Gasteiger partial charge in [-0.2, -0.15) is 5.90 Å². The average molecular weight is 343 g/mol. The van der Waals surface area contributed by atoms with Crippen LogP contribution in [-0.4, -0.2) is 9.55 Å². The summed E-state index contributed by atoms with van der Waals surface area (Å²) < 4.78 is 6.03. The van der Waals surface area contributed by atoms with Crippen molar-refractivity contribution in [3.8, 4) is 16.9 Å². The summed E-state index contributed by atoms with van der Waals surface area (Å²) in [5.74, 6) is 4.80. The predicted molar refractivity (Wildman–Crippen MR) is 90.3 cm³/mol. The number of aromatic amines is 1. The van der Waals surface area contributed by atoms with Crippen molar-refractivity contribution in [2.24, 2.45) is 5.90 Å². The Kier molecular flexibility index (Phi) is 4.92. The molecule has 7 nitrogen and oxygen atoms in total. The van der Waals surface area contributed by atoms with E-state index in [1.807, 2.05) is 18.2 Å². The van der Waals surface area contributed by atoms with E-state index < -0.39 is 11.2 Å². The van der Waals surface area contributed by atoms with Gasteiger partial charge in [0.15, 0.2) is 0 Å². The van der Waals surface area contributed by atoms with Gasteiger partial charge < -0.3 is 0 Å². The molecule has 2 aromatic carbocycles. The topological polar surface area (TPSA) is 99.3 Å². The van der Waals surface area contributed by atoms with Crippen molar-refractivity contribution in [1.82, 2.24) is 9.55 Å². The normalized spacial score (nSPS) is 10.7. The van der Waals surface area contributed by atoms with E-state index in [1.165, 1.54) is 10.6 Å². The van der Waals surface area contributed by atoms with E-state index in [-0.39, 0.29) is 0 Å². The maximum Gasteiger partial charge on any atom is 0.333 e. The second kappa shape index (κ2) is 7.28. The third-order valence-electron chi connectivity index (χ3n) is 3.28. The first kappa shape index (κ1) is 16.2. The fourth-order valence-corrected chi connectivity index (χ4v) is 2.65. The number of hydrogen-bond donors (Lipinski definition) is 2. The quantitative estimate of drug-likeness (QED) is 0.418. The van der Waals surface area contributed by atoms with Gasteiger partial charge in [0.25, 0.3) is 5.56 Å². The van der Waals surface area contributed by atoms with Gasteiger partial charge in [-0.05, 0) is 29.8 Å². The molecule has 3 N–H and O–H groups in total. The highest BCUT2D eigenvalue weighted by atomic mass is 32.2. The monoisotopic (exact) mass is 343 g/mol. The molecule has 0 bridgehead atoms. The van der Waals surface area contributed by atoms with Crippen molar-refractivity contribution >= 4 is 12.0 Å². The summed E-state index contributed by atoms with van der Waals surface area (Å²) in [6.07, 6.45) is 0. The Labute approximate surface area is 140 Å². The van der Waals surface area contributed by atoms with E-state index in [1.54, 1.807) is 36.4 Å². The number of aromatic nitrogens is 2. The van der Waals surface area contributed by atoms with Crippen LogP contribution in [0.3, 0.4) is 0 Å². The maximum absolute atomic E-state index is 12.3. The van der Waals surface area contributed by atoms with Crippen LogP contribution in [0.15, 0.2) is 75.1 Å². The van der Waals surface area contributed by atoms with E-state index in [4.69, 9.17) is 5.90 Å². The zero-order valence-corrected chi connectivity index (χ0v) is 13.2. The van der Waals surface area contributed by atoms with Crippen LogP contribution in [0.5, 0.6) is 0 Å². The van der Waals surface area contributed by atoms with Gasteiger partial charge in [-0.25, -0.2) is 4.79 Å². The fourth-order valence-electron chi connectivity index (χ4n) is 2.28. The molecule has 0 radical (unpaired) electrons. The number of nitrogens with two attached hydrogens (primary N) is 1. The first-order chi connectivity index (χ1) is 11.7. The number of para-hydroxylation sites is 1. The standard InChI is InChI=1S/C16H13N3O4S/c17-22-23-24-13-8-6-11(7-9-13)14-10-15(20)18-16(21)19(14)12-4-2-1-3-5-12/h1-10H,17H2,(H,18,20,21). The minimum Gasteiger partial charge on any atom is -0.274 e. The van der Waals surface area contributed by atoms with Crippen molar-refractivity contribution in [3.63, 3.8) is 0 Å². The Morgan fingerprint density at radius 1 is 1.00 bits per heavy atom.